The molecule has 102 valence electrons. The van der Waals surface area contributed by atoms with Crippen LogP contribution in [-0.4, -0.2) is 13.4 Å². The summed E-state index contributed by atoms with van der Waals surface area (Å²) in [4.78, 5) is 4.19. The molecule has 2 aromatic carbocycles. The first-order valence-corrected chi connectivity index (χ1v) is 8.35. The minimum Gasteiger partial charge on any atom is -0.224 e. The van der Waals surface area contributed by atoms with Crippen LogP contribution in [0.1, 0.15) is 11.1 Å². The molecule has 4 nitrogen and oxygen atoms in total. The highest BCUT2D eigenvalue weighted by atomic mass is 32.2. The first-order valence-electron chi connectivity index (χ1n) is 5.99. The van der Waals surface area contributed by atoms with Crippen molar-refractivity contribution in [3.05, 3.63) is 59.7 Å². The van der Waals surface area contributed by atoms with Crippen molar-refractivity contribution in [2.24, 2.45) is 5.14 Å². The summed E-state index contributed by atoms with van der Waals surface area (Å²) in [6.45, 7) is 0. The Hall–Kier alpha value is -1.76. The molecule has 0 fully saturated rings. The van der Waals surface area contributed by atoms with E-state index in [0.717, 1.165) is 27.2 Å². The Morgan fingerprint density at radius 1 is 1.05 bits per heavy atom. The van der Waals surface area contributed by atoms with E-state index in [0.29, 0.717) is 11.9 Å². The van der Waals surface area contributed by atoms with Gasteiger partial charge in [0.05, 0.1) is 10.2 Å². The molecular formula is C14H12N2O2S2. The molecule has 0 amide bonds. The van der Waals surface area contributed by atoms with E-state index >= 15 is 0 Å². The van der Waals surface area contributed by atoms with Gasteiger partial charge in [-0.05, 0) is 23.6 Å². The van der Waals surface area contributed by atoms with Gasteiger partial charge in [0.1, 0.15) is 0 Å². The lowest BCUT2D eigenvalue weighted by molar-refractivity contribution is 0.597. The van der Waals surface area contributed by atoms with Crippen LogP contribution < -0.4 is 5.14 Å². The topological polar surface area (TPSA) is 73.1 Å². The summed E-state index contributed by atoms with van der Waals surface area (Å²) in [5, 5.41) is 5.14. The molecule has 0 bridgehead atoms. The van der Waals surface area contributed by atoms with Crippen LogP contribution in [-0.2, 0) is 16.4 Å². The molecule has 0 unspecified atom stereocenters. The molecule has 6 heteroatoms. The van der Waals surface area contributed by atoms with Gasteiger partial charge in [0.25, 0.3) is 10.0 Å². The van der Waals surface area contributed by atoms with Gasteiger partial charge in [-0.2, -0.15) is 0 Å². The molecule has 1 heterocycles. The second-order valence-electron chi connectivity index (χ2n) is 4.45. The molecule has 2 N–H and O–H groups in total. The Kier molecular flexibility index (Phi) is 3.29. The van der Waals surface area contributed by atoms with Crippen molar-refractivity contribution in [2.45, 2.75) is 10.8 Å². The van der Waals surface area contributed by atoms with Gasteiger partial charge < -0.3 is 0 Å². The zero-order chi connectivity index (χ0) is 14.2. The first kappa shape index (κ1) is 13.2. The quantitative estimate of drug-likeness (QED) is 0.808. The standard InChI is InChI=1S/C14H12N2O2S2/c15-20(17,18)14-16-13-11(7-4-8-12(13)19-14)9-10-5-2-1-3-6-10/h1-8H,9H2,(H2,15,17,18). The summed E-state index contributed by atoms with van der Waals surface area (Å²) in [7, 11) is -3.75. The van der Waals surface area contributed by atoms with Gasteiger partial charge in [0, 0.05) is 0 Å². The third-order valence-corrected chi connectivity index (χ3v) is 5.30. The summed E-state index contributed by atoms with van der Waals surface area (Å²) in [6.07, 6.45) is 0.714. The maximum atomic E-state index is 11.4. The summed E-state index contributed by atoms with van der Waals surface area (Å²) < 4.78 is 23.6. The number of hydrogen-bond donors (Lipinski definition) is 1. The molecule has 0 atom stereocenters. The fourth-order valence-corrected chi connectivity index (χ4v) is 3.76. The number of nitrogens with two attached hydrogens (primary N) is 1. The van der Waals surface area contributed by atoms with Crippen molar-refractivity contribution in [1.82, 2.24) is 4.98 Å². The molecule has 0 aliphatic carbocycles. The number of rotatable bonds is 3. The number of thiazole rings is 1. The molecule has 0 spiro atoms. The predicted octanol–water partition coefficient (Wildman–Crippen LogP) is 2.53. The van der Waals surface area contributed by atoms with Crippen LogP contribution in [0.4, 0.5) is 0 Å². The number of primary sulfonamides is 1. The highest BCUT2D eigenvalue weighted by Crippen LogP contribution is 2.28. The van der Waals surface area contributed by atoms with E-state index in [1.807, 2.05) is 48.5 Å². The smallest absolute Gasteiger partial charge is 0.224 e. The molecule has 0 aliphatic rings. The van der Waals surface area contributed by atoms with E-state index in [1.54, 1.807) is 0 Å². The minimum absolute atomic E-state index is 0.0342. The molecule has 1 aromatic heterocycles. The Bertz CT molecular complexity index is 855. The van der Waals surface area contributed by atoms with E-state index in [-0.39, 0.29) is 4.34 Å². The van der Waals surface area contributed by atoms with Crippen molar-refractivity contribution in [3.63, 3.8) is 0 Å². The highest BCUT2D eigenvalue weighted by molar-refractivity contribution is 7.91. The van der Waals surface area contributed by atoms with E-state index in [2.05, 4.69) is 4.98 Å². The van der Waals surface area contributed by atoms with Gasteiger partial charge in [0.2, 0.25) is 4.34 Å². The molecule has 0 saturated carbocycles. The van der Waals surface area contributed by atoms with Crippen LogP contribution in [0.25, 0.3) is 10.2 Å². The Balaban J connectivity index is 2.10. The van der Waals surface area contributed by atoms with Gasteiger partial charge in [-0.1, -0.05) is 42.5 Å². The average molecular weight is 304 g/mol. The Morgan fingerprint density at radius 2 is 1.80 bits per heavy atom. The van der Waals surface area contributed by atoms with Crippen LogP contribution >= 0.6 is 11.3 Å². The number of para-hydroxylation sites is 1. The van der Waals surface area contributed by atoms with E-state index in [1.165, 1.54) is 0 Å². The summed E-state index contributed by atoms with van der Waals surface area (Å²) >= 11 is 1.10. The second-order valence-corrected chi connectivity index (χ2v) is 7.22. The molecule has 3 rings (SSSR count). The summed E-state index contributed by atoms with van der Waals surface area (Å²) in [5.41, 5.74) is 2.87. The number of fused-ring (bicyclic) bond motifs is 1. The number of nitrogens with zero attached hydrogens (tertiary/aromatic N) is 1. The second kappa shape index (κ2) is 4.97. The van der Waals surface area contributed by atoms with E-state index in [9.17, 15) is 8.42 Å². The summed E-state index contributed by atoms with van der Waals surface area (Å²) in [6, 6.07) is 15.7. The maximum absolute atomic E-state index is 11.4. The van der Waals surface area contributed by atoms with Crippen molar-refractivity contribution in [1.29, 1.82) is 0 Å². The summed E-state index contributed by atoms with van der Waals surface area (Å²) in [5.74, 6) is 0. The van der Waals surface area contributed by atoms with Crippen LogP contribution in [0.3, 0.4) is 0 Å². The number of benzene rings is 2. The fourth-order valence-electron chi connectivity index (χ4n) is 2.07. The molecule has 20 heavy (non-hydrogen) atoms. The first-order chi connectivity index (χ1) is 9.54. The van der Waals surface area contributed by atoms with Crippen LogP contribution in [0.2, 0.25) is 0 Å². The number of hydrogen-bond acceptors (Lipinski definition) is 4. The van der Waals surface area contributed by atoms with Crippen molar-refractivity contribution >= 4 is 31.6 Å². The average Bonchev–Trinajstić information content (AvgIpc) is 2.85. The lowest BCUT2D eigenvalue weighted by Crippen LogP contribution is -2.11. The fraction of sp³-hybridized carbons (Fsp3) is 0.0714. The van der Waals surface area contributed by atoms with E-state index < -0.39 is 10.0 Å². The molecule has 0 aliphatic heterocycles. The highest BCUT2D eigenvalue weighted by Gasteiger charge is 2.16. The SMILES string of the molecule is NS(=O)(=O)c1nc2c(Cc3ccccc3)cccc2s1. The monoisotopic (exact) mass is 304 g/mol. The van der Waals surface area contributed by atoms with Gasteiger partial charge >= 0.3 is 0 Å². The van der Waals surface area contributed by atoms with Crippen LogP contribution in [0.5, 0.6) is 0 Å². The van der Waals surface area contributed by atoms with Crippen LogP contribution in [0.15, 0.2) is 52.9 Å². The van der Waals surface area contributed by atoms with Gasteiger partial charge in [-0.3, -0.25) is 0 Å². The largest absolute Gasteiger partial charge is 0.265 e. The third kappa shape index (κ3) is 2.58. The zero-order valence-corrected chi connectivity index (χ0v) is 12.1. The van der Waals surface area contributed by atoms with Crippen molar-refractivity contribution in [2.75, 3.05) is 0 Å². The van der Waals surface area contributed by atoms with Gasteiger partial charge in [-0.15, -0.1) is 11.3 Å². The van der Waals surface area contributed by atoms with Crippen LogP contribution in [0, 0.1) is 0 Å². The lowest BCUT2D eigenvalue weighted by atomic mass is 10.0. The van der Waals surface area contributed by atoms with E-state index in [4.69, 9.17) is 5.14 Å². The lowest BCUT2D eigenvalue weighted by Gasteiger charge is -2.02. The maximum Gasteiger partial charge on any atom is 0.265 e. The number of sulfonamides is 1. The molecular weight excluding hydrogens is 292 g/mol. The molecule has 0 saturated heterocycles. The molecule has 0 radical (unpaired) electrons. The van der Waals surface area contributed by atoms with Crippen molar-refractivity contribution in [3.8, 4) is 0 Å². The minimum atomic E-state index is -3.75. The predicted molar refractivity (Wildman–Crippen MR) is 80.2 cm³/mol. The number of aromatic nitrogens is 1. The Morgan fingerprint density at radius 3 is 2.50 bits per heavy atom. The zero-order valence-electron chi connectivity index (χ0n) is 10.5. The Labute approximate surface area is 120 Å². The third-order valence-electron chi connectivity index (χ3n) is 2.96. The van der Waals surface area contributed by atoms with Gasteiger partial charge in [-0.25, -0.2) is 18.5 Å². The molecule has 3 aromatic rings. The normalized spacial score (nSPS) is 11.8. The van der Waals surface area contributed by atoms with Gasteiger partial charge in [0.15, 0.2) is 0 Å². The van der Waals surface area contributed by atoms with Crippen molar-refractivity contribution < 1.29 is 8.42 Å².